The first-order valence-corrected chi connectivity index (χ1v) is 9.90. The summed E-state index contributed by atoms with van der Waals surface area (Å²) in [5.41, 5.74) is -4.84. The van der Waals surface area contributed by atoms with Crippen LogP contribution >= 0.6 is 11.3 Å². The minimum absolute atomic E-state index is 0.255. The Labute approximate surface area is 169 Å². The van der Waals surface area contributed by atoms with Gasteiger partial charge in [0.15, 0.2) is 5.67 Å². The molecule has 0 saturated carbocycles. The predicted octanol–water partition coefficient (Wildman–Crippen LogP) is 2.94. The second-order valence-electron chi connectivity index (χ2n) is 7.03. The van der Waals surface area contributed by atoms with Crippen molar-refractivity contribution in [1.29, 1.82) is 5.26 Å². The number of thiophene rings is 1. The fourth-order valence-corrected chi connectivity index (χ4v) is 4.62. The zero-order valence-corrected chi connectivity index (χ0v) is 16.3. The van der Waals surface area contributed by atoms with Crippen LogP contribution < -0.4 is 9.64 Å². The molecule has 2 saturated heterocycles. The van der Waals surface area contributed by atoms with E-state index in [9.17, 15) is 9.59 Å². The van der Waals surface area contributed by atoms with Crippen molar-refractivity contribution in [3.8, 4) is 11.8 Å². The number of carbonyl (C=O) groups excluding carboxylic acids is 2. The summed E-state index contributed by atoms with van der Waals surface area (Å²) in [7, 11) is 0. The van der Waals surface area contributed by atoms with Crippen molar-refractivity contribution < 1.29 is 23.1 Å². The Bertz CT molecular complexity index is 1040. The number of hydrogen-bond acceptors (Lipinski definition) is 5. The summed E-state index contributed by atoms with van der Waals surface area (Å²) in [6.07, 6.45) is 0. The van der Waals surface area contributed by atoms with Gasteiger partial charge >= 0.3 is 0 Å². The van der Waals surface area contributed by atoms with Crippen molar-refractivity contribution in [2.45, 2.75) is 18.3 Å². The maximum absolute atomic E-state index is 15.6. The van der Waals surface area contributed by atoms with E-state index in [1.54, 1.807) is 30.5 Å². The molecule has 2 atom stereocenters. The molecule has 2 aromatic rings. The largest absolute Gasteiger partial charge is 0.492 e. The molecule has 0 unspecified atom stereocenters. The summed E-state index contributed by atoms with van der Waals surface area (Å²) in [6, 6.07) is 9.59. The topological polar surface area (TPSA) is 73.6 Å². The first-order chi connectivity index (χ1) is 13.8. The van der Waals surface area contributed by atoms with Crippen molar-refractivity contribution >= 4 is 28.8 Å². The van der Waals surface area contributed by atoms with E-state index in [-0.39, 0.29) is 16.1 Å². The number of halogens is 2. The molecule has 0 N–H and O–H groups in total. The number of likely N-dealkylation sites (tertiary alicyclic amines) is 1. The Kier molecular flexibility index (Phi) is 4.54. The molecule has 150 valence electrons. The van der Waals surface area contributed by atoms with Gasteiger partial charge in [-0.05, 0) is 36.6 Å². The number of hydrogen-bond donors (Lipinski definition) is 0. The molecule has 0 aliphatic carbocycles. The fourth-order valence-electron chi connectivity index (χ4n) is 3.82. The number of nitriles is 1. The third-order valence-corrected chi connectivity index (χ3v) is 6.13. The second-order valence-corrected chi connectivity index (χ2v) is 7.94. The molecule has 4 rings (SSSR count). The Morgan fingerprint density at radius 3 is 2.79 bits per heavy atom. The highest BCUT2D eigenvalue weighted by Crippen LogP contribution is 2.47. The maximum atomic E-state index is 15.6. The predicted molar refractivity (Wildman–Crippen MR) is 103 cm³/mol. The van der Waals surface area contributed by atoms with E-state index in [4.69, 9.17) is 10.00 Å². The first kappa shape index (κ1) is 19.3. The molecule has 29 heavy (non-hydrogen) atoms. The van der Waals surface area contributed by atoms with Gasteiger partial charge in [0.05, 0.1) is 37.9 Å². The van der Waals surface area contributed by atoms with Crippen LogP contribution in [0.4, 0.5) is 14.5 Å². The summed E-state index contributed by atoms with van der Waals surface area (Å²) in [6.45, 7) is 0.398. The number of rotatable bonds is 4. The normalized spacial score (nSPS) is 25.8. The quantitative estimate of drug-likeness (QED) is 0.767. The molecule has 0 spiro atoms. The van der Waals surface area contributed by atoms with Gasteiger partial charge in [-0.2, -0.15) is 5.26 Å². The van der Waals surface area contributed by atoms with Crippen molar-refractivity contribution in [3.63, 3.8) is 0 Å². The number of benzene rings is 1. The summed E-state index contributed by atoms with van der Waals surface area (Å²) in [5.74, 6) is -1.24. The van der Waals surface area contributed by atoms with E-state index >= 15 is 8.78 Å². The van der Waals surface area contributed by atoms with Gasteiger partial charge in [0, 0.05) is 5.69 Å². The average Bonchev–Trinajstić information content (AvgIpc) is 3.33. The average molecular weight is 417 g/mol. The third kappa shape index (κ3) is 2.86. The van der Waals surface area contributed by atoms with Crippen molar-refractivity contribution in [2.24, 2.45) is 0 Å². The standard InChI is InChI=1S/C20H17F2N3O3S/c1-2-28-15-6-7-29-16(15)17(26)24-10-19(21)11-25(18(27)20(19,22)12-24)14-5-3-4-13(8-14)9-23/h3-8H,2,10-12H2,1H3/t19-,20+/m0/s1. The highest BCUT2D eigenvalue weighted by molar-refractivity contribution is 7.12. The third-order valence-electron chi connectivity index (χ3n) is 5.25. The Hall–Kier alpha value is -2.99. The van der Waals surface area contributed by atoms with Gasteiger partial charge in [-0.3, -0.25) is 9.59 Å². The zero-order chi connectivity index (χ0) is 20.8. The zero-order valence-electron chi connectivity index (χ0n) is 15.5. The molecule has 3 heterocycles. The monoisotopic (exact) mass is 417 g/mol. The van der Waals surface area contributed by atoms with Gasteiger partial charge < -0.3 is 14.5 Å². The highest BCUT2D eigenvalue weighted by Gasteiger charge is 2.72. The molecule has 2 aliphatic rings. The minimum atomic E-state index is -2.84. The van der Waals surface area contributed by atoms with Crippen LogP contribution in [0.15, 0.2) is 35.7 Å². The van der Waals surface area contributed by atoms with E-state index in [1.807, 2.05) is 6.07 Å². The van der Waals surface area contributed by atoms with Gasteiger partial charge in [0.2, 0.25) is 5.67 Å². The molecule has 6 nitrogen and oxygen atoms in total. The molecule has 1 aromatic heterocycles. The van der Waals surface area contributed by atoms with Crippen LogP contribution in [0.3, 0.4) is 0 Å². The van der Waals surface area contributed by atoms with Gasteiger partial charge in [-0.1, -0.05) is 6.07 Å². The van der Waals surface area contributed by atoms with Crippen LogP contribution in [0.25, 0.3) is 0 Å². The van der Waals surface area contributed by atoms with E-state index in [2.05, 4.69) is 0 Å². The summed E-state index contributed by atoms with van der Waals surface area (Å²) in [5, 5.41) is 10.7. The van der Waals surface area contributed by atoms with Crippen LogP contribution in [0, 0.1) is 11.3 Å². The van der Waals surface area contributed by atoms with Crippen LogP contribution in [-0.4, -0.2) is 54.3 Å². The molecule has 0 bridgehead atoms. The molecule has 2 fully saturated rings. The summed E-state index contributed by atoms with van der Waals surface area (Å²) in [4.78, 5) is 27.9. The number of anilines is 1. The number of amides is 2. The molecule has 9 heteroatoms. The van der Waals surface area contributed by atoms with Crippen LogP contribution in [0.5, 0.6) is 5.75 Å². The highest BCUT2D eigenvalue weighted by atomic mass is 32.1. The summed E-state index contributed by atoms with van der Waals surface area (Å²) >= 11 is 1.13. The number of carbonyl (C=O) groups is 2. The molecule has 1 aromatic carbocycles. The maximum Gasteiger partial charge on any atom is 0.270 e. The lowest BCUT2D eigenvalue weighted by Crippen LogP contribution is -2.47. The number of alkyl halides is 2. The number of nitrogens with zero attached hydrogens (tertiary/aromatic N) is 3. The van der Waals surface area contributed by atoms with E-state index in [1.165, 1.54) is 12.1 Å². The Morgan fingerprint density at radius 1 is 1.31 bits per heavy atom. The number of fused-ring (bicyclic) bond motifs is 1. The van der Waals surface area contributed by atoms with E-state index < -0.39 is 42.8 Å². The lowest BCUT2D eigenvalue weighted by molar-refractivity contribution is -0.130. The van der Waals surface area contributed by atoms with E-state index in [0.717, 1.165) is 21.1 Å². The fraction of sp³-hybridized carbons (Fsp3) is 0.350. The van der Waals surface area contributed by atoms with Crippen LogP contribution in [0.2, 0.25) is 0 Å². The van der Waals surface area contributed by atoms with Gasteiger partial charge in [-0.25, -0.2) is 8.78 Å². The molecule has 0 radical (unpaired) electrons. The molecular formula is C20H17F2N3O3S. The lowest BCUT2D eigenvalue weighted by Gasteiger charge is -2.22. The van der Waals surface area contributed by atoms with Crippen LogP contribution in [0.1, 0.15) is 22.2 Å². The lowest BCUT2D eigenvalue weighted by atomic mass is 9.93. The van der Waals surface area contributed by atoms with Crippen molar-refractivity contribution in [3.05, 3.63) is 46.2 Å². The Morgan fingerprint density at radius 2 is 2.10 bits per heavy atom. The Balaban J connectivity index is 1.60. The second kappa shape index (κ2) is 6.81. The van der Waals surface area contributed by atoms with E-state index in [0.29, 0.717) is 12.4 Å². The minimum Gasteiger partial charge on any atom is -0.492 e. The molecule has 2 amide bonds. The van der Waals surface area contributed by atoms with Crippen molar-refractivity contribution in [2.75, 3.05) is 31.1 Å². The van der Waals surface area contributed by atoms with Gasteiger partial charge in [0.1, 0.15) is 10.6 Å². The number of ether oxygens (including phenoxy) is 1. The van der Waals surface area contributed by atoms with Crippen molar-refractivity contribution in [1.82, 2.24) is 4.90 Å². The molecular weight excluding hydrogens is 400 g/mol. The van der Waals surface area contributed by atoms with Crippen LogP contribution in [-0.2, 0) is 4.79 Å². The smallest absolute Gasteiger partial charge is 0.270 e. The summed E-state index contributed by atoms with van der Waals surface area (Å²) < 4.78 is 36.7. The van der Waals surface area contributed by atoms with Gasteiger partial charge in [0.25, 0.3) is 11.8 Å². The van der Waals surface area contributed by atoms with Gasteiger partial charge in [-0.15, -0.1) is 11.3 Å². The SMILES string of the molecule is CCOc1ccsc1C(=O)N1C[C@]2(F)CN(c3cccc(C#N)c3)C(=O)[C@]2(F)C1. The molecule has 2 aliphatic heterocycles. The first-order valence-electron chi connectivity index (χ1n) is 9.02.